The van der Waals surface area contributed by atoms with Crippen LogP contribution in [0.25, 0.3) is 0 Å². The van der Waals surface area contributed by atoms with Crippen LogP contribution >= 0.6 is 0 Å². The molecule has 0 aromatic heterocycles. The molecular weight excluding hydrogens is 132 g/mol. The van der Waals surface area contributed by atoms with Crippen LogP contribution in [0.2, 0.25) is 0 Å². The molecule has 0 aromatic carbocycles. The van der Waals surface area contributed by atoms with Crippen LogP contribution in [-0.2, 0) is 9.59 Å². The molecule has 1 heterocycles. The minimum atomic E-state index is -0.329. The van der Waals surface area contributed by atoms with E-state index in [1.54, 1.807) is 0 Å². The van der Waals surface area contributed by atoms with Crippen molar-refractivity contribution < 1.29 is 9.59 Å². The lowest BCUT2D eigenvalue weighted by atomic mass is 10.6. The number of hydrogen-bond donors (Lipinski definition) is 2. The van der Waals surface area contributed by atoms with E-state index in [0.717, 1.165) is 6.54 Å². The fourth-order valence-corrected chi connectivity index (χ4v) is 0.356. The first-order chi connectivity index (χ1) is 4.70. The van der Waals surface area contributed by atoms with E-state index in [4.69, 9.17) is 5.73 Å². The summed E-state index contributed by atoms with van der Waals surface area (Å²) in [5.74, 6) is -0.657. The first-order valence-electron chi connectivity index (χ1n) is 2.93. The average molecular weight is 142 g/mol. The Kier molecular flexibility index (Phi) is 4.15. The molecule has 0 unspecified atom stereocenters. The van der Waals surface area contributed by atoms with Crippen molar-refractivity contribution in [3.63, 3.8) is 0 Å². The Morgan fingerprint density at radius 2 is 1.70 bits per heavy atom. The van der Waals surface area contributed by atoms with E-state index in [2.05, 4.69) is 0 Å². The van der Waals surface area contributed by atoms with Gasteiger partial charge >= 0.3 is 0 Å². The molecule has 4 heteroatoms. The molecule has 0 fully saturated rings. The van der Waals surface area contributed by atoms with Gasteiger partial charge in [0.15, 0.2) is 0 Å². The van der Waals surface area contributed by atoms with Crippen molar-refractivity contribution in [1.82, 2.24) is 5.32 Å². The molecule has 0 saturated carbocycles. The number of nitrogens with one attached hydrogen (secondary N) is 1. The number of imide groups is 1. The minimum absolute atomic E-state index is 0.329. The third-order valence-electron chi connectivity index (χ3n) is 0.632. The molecule has 10 heavy (non-hydrogen) atoms. The second-order valence-electron chi connectivity index (χ2n) is 1.60. The molecule has 3 N–H and O–H groups in total. The van der Waals surface area contributed by atoms with Crippen molar-refractivity contribution in [3.05, 3.63) is 12.2 Å². The molecule has 0 aliphatic carbocycles. The summed E-state index contributed by atoms with van der Waals surface area (Å²) in [4.78, 5) is 20.1. The predicted octanol–water partition coefficient (Wildman–Crippen LogP) is -0.836. The standard InChI is InChI=1S/C4H3NO2.C2H7N/c6-3-1-2-4(7)5-3;1-2-3/h1-2H,(H,5,6,7);2-3H2,1H3. The predicted molar refractivity (Wildman–Crippen MR) is 37.0 cm³/mol. The third kappa shape index (κ3) is 3.80. The zero-order valence-corrected chi connectivity index (χ0v) is 5.76. The monoisotopic (exact) mass is 142 g/mol. The van der Waals surface area contributed by atoms with Crippen LogP contribution < -0.4 is 11.1 Å². The largest absolute Gasteiger partial charge is 0.331 e. The first kappa shape index (κ1) is 8.84. The quantitative estimate of drug-likeness (QED) is 0.433. The van der Waals surface area contributed by atoms with E-state index in [-0.39, 0.29) is 11.8 Å². The Hall–Kier alpha value is -1.16. The summed E-state index contributed by atoms with van der Waals surface area (Å²) in [5.41, 5.74) is 4.85. The second kappa shape index (κ2) is 4.69. The molecule has 0 atom stereocenters. The van der Waals surface area contributed by atoms with Crippen molar-refractivity contribution >= 4 is 11.8 Å². The number of amides is 2. The summed E-state index contributed by atoms with van der Waals surface area (Å²) in [5, 5.41) is 2.03. The van der Waals surface area contributed by atoms with Gasteiger partial charge in [0.2, 0.25) is 0 Å². The summed E-state index contributed by atoms with van der Waals surface area (Å²) in [6.45, 7) is 2.65. The van der Waals surface area contributed by atoms with Crippen LogP contribution in [0.4, 0.5) is 0 Å². The van der Waals surface area contributed by atoms with E-state index < -0.39 is 0 Å². The van der Waals surface area contributed by atoms with E-state index in [0.29, 0.717) is 0 Å². The Labute approximate surface area is 59.1 Å². The Balaban J connectivity index is 0.000000236. The van der Waals surface area contributed by atoms with Gasteiger partial charge in [-0.2, -0.15) is 0 Å². The second-order valence-corrected chi connectivity index (χ2v) is 1.60. The molecule has 0 bridgehead atoms. The van der Waals surface area contributed by atoms with E-state index in [9.17, 15) is 9.59 Å². The van der Waals surface area contributed by atoms with Gasteiger partial charge < -0.3 is 5.73 Å². The lowest BCUT2D eigenvalue weighted by Crippen LogP contribution is -2.19. The molecule has 0 radical (unpaired) electrons. The average Bonchev–Trinajstić information content (AvgIpc) is 2.17. The van der Waals surface area contributed by atoms with Gasteiger partial charge in [-0.15, -0.1) is 0 Å². The van der Waals surface area contributed by atoms with Crippen LogP contribution in [0.15, 0.2) is 12.2 Å². The highest BCUT2D eigenvalue weighted by atomic mass is 16.2. The summed E-state index contributed by atoms with van der Waals surface area (Å²) >= 11 is 0. The lowest BCUT2D eigenvalue weighted by molar-refractivity contribution is -0.123. The summed E-state index contributed by atoms with van der Waals surface area (Å²) in [7, 11) is 0. The minimum Gasteiger partial charge on any atom is -0.331 e. The van der Waals surface area contributed by atoms with Gasteiger partial charge in [0.25, 0.3) is 11.8 Å². The molecule has 1 aliphatic heterocycles. The Morgan fingerprint density at radius 1 is 1.40 bits per heavy atom. The van der Waals surface area contributed by atoms with Gasteiger partial charge in [0.05, 0.1) is 0 Å². The molecule has 56 valence electrons. The highest BCUT2D eigenvalue weighted by Crippen LogP contribution is 1.82. The van der Waals surface area contributed by atoms with Crippen molar-refractivity contribution in [2.24, 2.45) is 5.73 Å². The Bertz CT molecular complexity index is 147. The smallest absolute Gasteiger partial charge is 0.250 e. The van der Waals surface area contributed by atoms with Crippen LogP contribution in [0, 0.1) is 0 Å². The summed E-state index contributed by atoms with van der Waals surface area (Å²) in [6.07, 6.45) is 2.39. The van der Waals surface area contributed by atoms with Crippen LogP contribution in [-0.4, -0.2) is 18.4 Å². The zero-order valence-electron chi connectivity index (χ0n) is 5.76. The number of carbonyl (C=O) groups excluding carboxylic acids is 2. The first-order valence-corrected chi connectivity index (χ1v) is 2.93. The van der Waals surface area contributed by atoms with Crippen LogP contribution in [0.3, 0.4) is 0 Å². The Morgan fingerprint density at radius 3 is 1.80 bits per heavy atom. The molecule has 1 aliphatic rings. The fourth-order valence-electron chi connectivity index (χ4n) is 0.356. The van der Waals surface area contributed by atoms with Gasteiger partial charge in [0, 0.05) is 12.2 Å². The summed E-state index contributed by atoms with van der Waals surface area (Å²) in [6, 6.07) is 0. The highest BCUT2D eigenvalue weighted by Gasteiger charge is 2.06. The number of carbonyl (C=O) groups is 2. The van der Waals surface area contributed by atoms with Gasteiger partial charge in [-0.05, 0) is 6.54 Å². The van der Waals surface area contributed by atoms with Crippen molar-refractivity contribution in [3.8, 4) is 0 Å². The normalized spacial score (nSPS) is 14.2. The fraction of sp³-hybridized carbons (Fsp3) is 0.333. The van der Waals surface area contributed by atoms with Crippen molar-refractivity contribution in [1.29, 1.82) is 0 Å². The zero-order chi connectivity index (χ0) is 7.98. The molecule has 2 amide bonds. The van der Waals surface area contributed by atoms with Crippen molar-refractivity contribution in [2.75, 3.05) is 6.54 Å². The van der Waals surface area contributed by atoms with E-state index >= 15 is 0 Å². The topological polar surface area (TPSA) is 72.2 Å². The maximum atomic E-state index is 10.0. The third-order valence-corrected chi connectivity index (χ3v) is 0.632. The summed E-state index contributed by atoms with van der Waals surface area (Å²) < 4.78 is 0. The SMILES string of the molecule is CCN.O=C1C=CC(=O)N1. The number of hydrogen-bond acceptors (Lipinski definition) is 3. The van der Waals surface area contributed by atoms with Gasteiger partial charge in [-0.1, -0.05) is 6.92 Å². The van der Waals surface area contributed by atoms with Gasteiger partial charge in [0.1, 0.15) is 0 Å². The van der Waals surface area contributed by atoms with Crippen molar-refractivity contribution in [2.45, 2.75) is 6.92 Å². The molecular formula is C6H10N2O2. The number of nitrogens with two attached hydrogens (primary N) is 1. The lowest BCUT2D eigenvalue weighted by Gasteiger charge is -1.80. The number of rotatable bonds is 0. The van der Waals surface area contributed by atoms with Crippen LogP contribution in [0.1, 0.15) is 6.92 Å². The molecule has 0 saturated heterocycles. The van der Waals surface area contributed by atoms with Gasteiger partial charge in [-0.3, -0.25) is 14.9 Å². The van der Waals surface area contributed by atoms with Crippen LogP contribution in [0.5, 0.6) is 0 Å². The molecule has 4 nitrogen and oxygen atoms in total. The maximum absolute atomic E-state index is 10.0. The van der Waals surface area contributed by atoms with E-state index in [1.165, 1.54) is 12.2 Å². The molecule has 0 spiro atoms. The molecule has 0 aromatic rings. The maximum Gasteiger partial charge on any atom is 0.250 e. The highest BCUT2D eigenvalue weighted by molar-refractivity contribution is 6.12. The molecule has 1 rings (SSSR count). The van der Waals surface area contributed by atoms with Gasteiger partial charge in [-0.25, -0.2) is 0 Å². The van der Waals surface area contributed by atoms with E-state index in [1.807, 2.05) is 12.2 Å².